The Bertz CT molecular complexity index is 549. The van der Waals surface area contributed by atoms with Crippen LogP contribution in [0.3, 0.4) is 0 Å². The Morgan fingerprint density at radius 2 is 1.71 bits per heavy atom. The van der Waals surface area contributed by atoms with Crippen LogP contribution in [-0.4, -0.2) is 10.1 Å². The van der Waals surface area contributed by atoms with Crippen molar-refractivity contribution < 1.29 is 18.3 Å². The Labute approximate surface area is 96.1 Å². The van der Waals surface area contributed by atoms with Gasteiger partial charge in [0.05, 0.1) is 16.9 Å². The van der Waals surface area contributed by atoms with E-state index in [1.165, 1.54) is 19.9 Å². The maximum Gasteiger partial charge on any atom is 0.418 e. The quantitative estimate of drug-likeness (QED) is 0.791. The van der Waals surface area contributed by atoms with Gasteiger partial charge in [-0.25, -0.2) is 0 Å². The second kappa shape index (κ2) is 3.50. The average molecular weight is 243 g/mol. The van der Waals surface area contributed by atoms with Gasteiger partial charge in [0.25, 0.3) is 0 Å². The molecule has 0 aliphatic rings. The first kappa shape index (κ1) is 12.0. The van der Waals surface area contributed by atoms with E-state index in [0.717, 1.165) is 0 Å². The third kappa shape index (κ3) is 2.02. The van der Waals surface area contributed by atoms with E-state index in [2.05, 4.69) is 4.98 Å². The van der Waals surface area contributed by atoms with Crippen molar-refractivity contribution in [3.63, 3.8) is 0 Å². The third-order valence-electron chi connectivity index (χ3n) is 2.60. The second-order valence-electron chi connectivity index (χ2n) is 4.48. The fourth-order valence-corrected chi connectivity index (χ4v) is 1.90. The average Bonchev–Trinajstić information content (AvgIpc) is 2.54. The van der Waals surface area contributed by atoms with Gasteiger partial charge >= 0.3 is 6.18 Å². The van der Waals surface area contributed by atoms with E-state index >= 15 is 0 Å². The lowest BCUT2D eigenvalue weighted by Crippen LogP contribution is -2.21. The van der Waals surface area contributed by atoms with Gasteiger partial charge in [-0.1, -0.05) is 18.2 Å². The number of halogens is 3. The van der Waals surface area contributed by atoms with E-state index < -0.39 is 17.3 Å². The molecule has 0 unspecified atom stereocenters. The molecule has 0 fully saturated rings. The zero-order valence-corrected chi connectivity index (χ0v) is 9.39. The number of alkyl halides is 3. The largest absolute Gasteiger partial charge is 0.418 e. The molecule has 1 aromatic heterocycles. The van der Waals surface area contributed by atoms with Crippen molar-refractivity contribution in [2.24, 2.45) is 0 Å². The fraction of sp³-hybridized carbons (Fsp3) is 0.333. The standard InChI is InChI=1S/C12H12F3NO/c1-11(2,17)10-9(12(13,14)15)7-5-3-4-6-8(7)16-10/h3-6,16-17H,1-2H3. The van der Waals surface area contributed by atoms with Crippen LogP contribution in [-0.2, 0) is 11.8 Å². The number of H-pyrrole nitrogens is 1. The number of aromatic amines is 1. The maximum atomic E-state index is 13.0. The Morgan fingerprint density at radius 3 is 2.24 bits per heavy atom. The van der Waals surface area contributed by atoms with Crippen LogP contribution in [0.4, 0.5) is 13.2 Å². The molecule has 0 amide bonds. The molecule has 0 bridgehead atoms. The summed E-state index contributed by atoms with van der Waals surface area (Å²) < 4.78 is 39.0. The molecular weight excluding hydrogens is 231 g/mol. The van der Waals surface area contributed by atoms with Crippen LogP contribution in [0.1, 0.15) is 25.1 Å². The van der Waals surface area contributed by atoms with Gasteiger partial charge in [-0.3, -0.25) is 0 Å². The van der Waals surface area contributed by atoms with Crippen molar-refractivity contribution in [2.45, 2.75) is 25.6 Å². The van der Waals surface area contributed by atoms with Crippen molar-refractivity contribution in [1.82, 2.24) is 4.98 Å². The summed E-state index contributed by atoms with van der Waals surface area (Å²) in [6.45, 7) is 2.65. The summed E-state index contributed by atoms with van der Waals surface area (Å²) in [5.74, 6) is 0. The molecule has 2 N–H and O–H groups in total. The first-order chi connectivity index (χ1) is 7.71. The number of fused-ring (bicyclic) bond motifs is 1. The van der Waals surface area contributed by atoms with Crippen molar-refractivity contribution in [3.05, 3.63) is 35.5 Å². The summed E-state index contributed by atoms with van der Waals surface area (Å²) in [5.41, 5.74) is -2.19. The van der Waals surface area contributed by atoms with Gasteiger partial charge in [0.1, 0.15) is 0 Å². The predicted molar refractivity (Wildman–Crippen MR) is 58.5 cm³/mol. The highest BCUT2D eigenvalue weighted by Gasteiger charge is 2.40. The summed E-state index contributed by atoms with van der Waals surface area (Å²) in [5, 5.41) is 9.88. The topological polar surface area (TPSA) is 36.0 Å². The maximum absolute atomic E-state index is 13.0. The van der Waals surface area contributed by atoms with E-state index in [-0.39, 0.29) is 11.1 Å². The minimum atomic E-state index is -4.49. The monoisotopic (exact) mass is 243 g/mol. The van der Waals surface area contributed by atoms with Crippen molar-refractivity contribution in [3.8, 4) is 0 Å². The molecular formula is C12H12F3NO. The highest BCUT2D eigenvalue weighted by atomic mass is 19.4. The van der Waals surface area contributed by atoms with Crippen LogP contribution in [0.15, 0.2) is 24.3 Å². The molecule has 2 rings (SSSR count). The molecule has 1 aromatic carbocycles. The van der Waals surface area contributed by atoms with Crippen LogP contribution < -0.4 is 0 Å². The lowest BCUT2D eigenvalue weighted by atomic mass is 9.99. The number of para-hydroxylation sites is 1. The van der Waals surface area contributed by atoms with Crippen molar-refractivity contribution in [2.75, 3.05) is 0 Å². The molecule has 0 aliphatic heterocycles. The number of benzene rings is 1. The van der Waals surface area contributed by atoms with Crippen molar-refractivity contribution in [1.29, 1.82) is 0 Å². The van der Waals surface area contributed by atoms with Crippen LogP contribution in [0.25, 0.3) is 10.9 Å². The summed E-state index contributed by atoms with van der Waals surface area (Å²) in [6.07, 6.45) is -4.49. The Hall–Kier alpha value is -1.49. The highest BCUT2D eigenvalue weighted by Crippen LogP contribution is 2.41. The highest BCUT2D eigenvalue weighted by molar-refractivity contribution is 5.85. The normalized spacial score (nSPS) is 13.3. The van der Waals surface area contributed by atoms with Gasteiger partial charge in [-0.15, -0.1) is 0 Å². The first-order valence-corrected chi connectivity index (χ1v) is 5.12. The van der Waals surface area contributed by atoms with Gasteiger partial charge in [-0.05, 0) is 19.9 Å². The summed E-state index contributed by atoms with van der Waals surface area (Å²) in [4.78, 5) is 2.64. The Kier molecular flexibility index (Phi) is 2.47. The van der Waals surface area contributed by atoms with E-state index in [4.69, 9.17) is 0 Å². The molecule has 2 aromatic rings. The number of aliphatic hydroxyl groups is 1. The lowest BCUT2D eigenvalue weighted by Gasteiger charge is -2.19. The van der Waals surface area contributed by atoms with Gasteiger partial charge in [0.15, 0.2) is 0 Å². The summed E-state index contributed by atoms with van der Waals surface area (Å²) >= 11 is 0. The second-order valence-corrected chi connectivity index (χ2v) is 4.48. The van der Waals surface area contributed by atoms with Gasteiger partial charge in [0.2, 0.25) is 0 Å². The summed E-state index contributed by atoms with van der Waals surface area (Å²) in [7, 11) is 0. The van der Waals surface area contributed by atoms with E-state index in [1.54, 1.807) is 18.2 Å². The summed E-state index contributed by atoms with van der Waals surface area (Å²) in [6, 6.07) is 6.14. The van der Waals surface area contributed by atoms with Crippen LogP contribution >= 0.6 is 0 Å². The minimum Gasteiger partial charge on any atom is -0.384 e. The van der Waals surface area contributed by atoms with Crippen LogP contribution in [0.5, 0.6) is 0 Å². The predicted octanol–water partition coefficient (Wildman–Crippen LogP) is 3.41. The van der Waals surface area contributed by atoms with E-state index in [0.29, 0.717) is 5.52 Å². The zero-order chi connectivity index (χ0) is 12.8. The Morgan fingerprint density at radius 1 is 1.12 bits per heavy atom. The lowest BCUT2D eigenvalue weighted by molar-refractivity contribution is -0.139. The minimum absolute atomic E-state index is 0.0807. The van der Waals surface area contributed by atoms with Gasteiger partial charge < -0.3 is 10.1 Å². The van der Waals surface area contributed by atoms with E-state index in [1.807, 2.05) is 0 Å². The number of nitrogens with one attached hydrogen (secondary N) is 1. The first-order valence-electron chi connectivity index (χ1n) is 5.12. The molecule has 5 heteroatoms. The van der Waals surface area contributed by atoms with Crippen LogP contribution in [0.2, 0.25) is 0 Å². The number of hydrogen-bond donors (Lipinski definition) is 2. The van der Waals surface area contributed by atoms with Crippen LogP contribution in [0, 0.1) is 0 Å². The number of hydrogen-bond acceptors (Lipinski definition) is 1. The van der Waals surface area contributed by atoms with Gasteiger partial charge in [0, 0.05) is 10.9 Å². The molecule has 0 radical (unpaired) electrons. The molecule has 0 aliphatic carbocycles. The number of rotatable bonds is 1. The zero-order valence-electron chi connectivity index (χ0n) is 9.39. The molecule has 92 valence electrons. The molecule has 1 heterocycles. The molecule has 0 atom stereocenters. The number of aromatic nitrogens is 1. The molecule has 2 nitrogen and oxygen atoms in total. The molecule has 0 saturated heterocycles. The Balaban J connectivity index is 2.84. The van der Waals surface area contributed by atoms with Crippen molar-refractivity contribution >= 4 is 10.9 Å². The van der Waals surface area contributed by atoms with E-state index in [9.17, 15) is 18.3 Å². The third-order valence-corrected chi connectivity index (χ3v) is 2.60. The molecule has 0 spiro atoms. The molecule has 17 heavy (non-hydrogen) atoms. The fourth-order valence-electron chi connectivity index (χ4n) is 1.90. The van der Waals surface area contributed by atoms with Gasteiger partial charge in [-0.2, -0.15) is 13.2 Å². The smallest absolute Gasteiger partial charge is 0.384 e. The SMILES string of the molecule is CC(C)(O)c1[nH]c2ccccc2c1C(F)(F)F. The molecule has 0 saturated carbocycles.